The van der Waals surface area contributed by atoms with Gasteiger partial charge in [0.15, 0.2) is 0 Å². The minimum Gasteiger partial charge on any atom is -0.372 e. The van der Waals surface area contributed by atoms with Gasteiger partial charge >= 0.3 is 0 Å². The first kappa shape index (κ1) is 14.6. The molecule has 2 aromatic rings. The second-order valence-corrected chi connectivity index (χ2v) is 4.88. The van der Waals surface area contributed by atoms with Crippen LogP contribution in [-0.4, -0.2) is 31.2 Å². The van der Waals surface area contributed by atoms with Gasteiger partial charge in [-0.1, -0.05) is 6.07 Å². The maximum Gasteiger partial charge on any atom is 0.136 e. The zero-order valence-corrected chi connectivity index (χ0v) is 13.1. The third kappa shape index (κ3) is 2.72. The number of benzene rings is 1. The number of anilines is 2. The van der Waals surface area contributed by atoms with Gasteiger partial charge in [0.25, 0.3) is 0 Å². The highest BCUT2D eigenvalue weighted by atomic mass is 15.2. The molecular formula is C17H25N3. The molecule has 108 valence electrons. The van der Waals surface area contributed by atoms with E-state index < -0.39 is 0 Å². The molecule has 0 saturated heterocycles. The van der Waals surface area contributed by atoms with Crippen LogP contribution in [0.25, 0.3) is 10.8 Å². The molecule has 0 N–H and O–H groups in total. The number of rotatable bonds is 6. The van der Waals surface area contributed by atoms with Crippen LogP contribution in [0.15, 0.2) is 30.5 Å². The molecule has 0 aliphatic carbocycles. The van der Waals surface area contributed by atoms with Crippen molar-refractivity contribution < 1.29 is 0 Å². The van der Waals surface area contributed by atoms with Crippen LogP contribution < -0.4 is 9.80 Å². The fourth-order valence-corrected chi connectivity index (χ4v) is 2.70. The summed E-state index contributed by atoms with van der Waals surface area (Å²) in [4.78, 5) is 9.30. The first-order valence-corrected chi connectivity index (χ1v) is 7.63. The second kappa shape index (κ2) is 6.60. The molecule has 0 amide bonds. The Morgan fingerprint density at radius 1 is 0.850 bits per heavy atom. The lowest BCUT2D eigenvalue weighted by atomic mass is 10.1. The van der Waals surface area contributed by atoms with E-state index in [2.05, 4.69) is 66.7 Å². The van der Waals surface area contributed by atoms with Crippen molar-refractivity contribution in [2.24, 2.45) is 0 Å². The highest BCUT2D eigenvalue weighted by Gasteiger charge is 2.10. The summed E-state index contributed by atoms with van der Waals surface area (Å²) in [7, 11) is 0. The Morgan fingerprint density at radius 3 is 2.10 bits per heavy atom. The van der Waals surface area contributed by atoms with E-state index in [1.54, 1.807) is 0 Å². The van der Waals surface area contributed by atoms with Crippen LogP contribution in [0.5, 0.6) is 0 Å². The highest BCUT2D eigenvalue weighted by molar-refractivity contribution is 5.94. The van der Waals surface area contributed by atoms with E-state index in [0.29, 0.717) is 0 Å². The number of aromatic nitrogens is 1. The second-order valence-electron chi connectivity index (χ2n) is 4.88. The summed E-state index contributed by atoms with van der Waals surface area (Å²) in [6, 6.07) is 8.79. The summed E-state index contributed by atoms with van der Waals surface area (Å²) in [5, 5.41) is 2.51. The first-order valence-electron chi connectivity index (χ1n) is 7.63. The van der Waals surface area contributed by atoms with Gasteiger partial charge in [0, 0.05) is 43.4 Å². The Morgan fingerprint density at radius 2 is 1.50 bits per heavy atom. The van der Waals surface area contributed by atoms with Crippen molar-refractivity contribution in [1.82, 2.24) is 4.98 Å². The van der Waals surface area contributed by atoms with Crippen LogP contribution in [0.3, 0.4) is 0 Å². The average Bonchev–Trinajstić information content (AvgIpc) is 2.50. The molecule has 0 aliphatic heterocycles. The normalized spacial score (nSPS) is 10.8. The predicted octanol–water partition coefficient (Wildman–Crippen LogP) is 3.93. The predicted molar refractivity (Wildman–Crippen MR) is 88.9 cm³/mol. The molecule has 20 heavy (non-hydrogen) atoms. The largest absolute Gasteiger partial charge is 0.372 e. The molecule has 0 spiro atoms. The van der Waals surface area contributed by atoms with Gasteiger partial charge < -0.3 is 9.80 Å². The van der Waals surface area contributed by atoms with Crippen molar-refractivity contribution in [1.29, 1.82) is 0 Å². The van der Waals surface area contributed by atoms with Crippen molar-refractivity contribution in [2.45, 2.75) is 27.7 Å². The average molecular weight is 271 g/mol. The molecule has 3 nitrogen and oxygen atoms in total. The number of hydrogen-bond donors (Lipinski definition) is 0. The summed E-state index contributed by atoms with van der Waals surface area (Å²) in [6.45, 7) is 12.8. The Hall–Kier alpha value is -1.77. The number of pyridine rings is 1. The number of fused-ring (bicyclic) bond motifs is 1. The molecule has 1 aromatic heterocycles. The van der Waals surface area contributed by atoms with Gasteiger partial charge in [-0.2, -0.15) is 0 Å². The van der Waals surface area contributed by atoms with Crippen molar-refractivity contribution in [3.05, 3.63) is 30.5 Å². The first-order chi connectivity index (χ1) is 9.74. The smallest absolute Gasteiger partial charge is 0.136 e. The van der Waals surface area contributed by atoms with E-state index in [-0.39, 0.29) is 0 Å². The van der Waals surface area contributed by atoms with Gasteiger partial charge in [0.2, 0.25) is 0 Å². The van der Waals surface area contributed by atoms with Gasteiger partial charge in [-0.05, 0) is 51.3 Å². The zero-order valence-electron chi connectivity index (χ0n) is 13.1. The maximum absolute atomic E-state index is 4.61. The van der Waals surface area contributed by atoms with Crippen LogP contribution >= 0.6 is 0 Å². The minimum atomic E-state index is 0.984. The number of nitrogens with zero attached hydrogens (tertiary/aromatic N) is 3. The van der Waals surface area contributed by atoms with E-state index >= 15 is 0 Å². The van der Waals surface area contributed by atoms with Crippen LogP contribution in [0, 0.1) is 0 Å². The van der Waals surface area contributed by atoms with E-state index in [4.69, 9.17) is 0 Å². The molecule has 0 unspecified atom stereocenters. The SMILES string of the molecule is CCN(CC)c1ccc2ccnc(N(CC)CC)c2c1. The highest BCUT2D eigenvalue weighted by Crippen LogP contribution is 2.28. The van der Waals surface area contributed by atoms with E-state index in [1.165, 1.54) is 16.5 Å². The number of hydrogen-bond acceptors (Lipinski definition) is 3. The summed E-state index contributed by atoms with van der Waals surface area (Å²) in [5.41, 5.74) is 1.28. The van der Waals surface area contributed by atoms with Crippen LogP contribution in [-0.2, 0) is 0 Å². The van der Waals surface area contributed by atoms with Crippen molar-refractivity contribution in [3.8, 4) is 0 Å². The fourth-order valence-electron chi connectivity index (χ4n) is 2.70. The zero-order chi connectivity index (χ0) is 14.5. The monoisotopic (exact) mass is 271 g/mol. The molecule has 1 aromatic carbocycles. The Bertz CT molecular complexity index is 557. The van der Waals surface area contributed by atoms with Crippen LogP contribution in [0.2, 0.25) is 0 Å². The molecule has 0 bridgehead atoms. The van der Waals surface area contributed by atoms with E-state index in [9.17, 15) is 0 Å². The quantitative estimate of drug-likeness (QED) is 0.793. The summed E-state index contributed by atoms with van der Waals surface area (Å²) in [6.07, 6.45) is 1.91. The standard InChI is InChI=1S/C17H25N3/c1-5-19(6-2)15-10-9-14-11-12-18-17(16(14)13-15)20(7-3)8-4/h9-13H,5-8H2,1-4H3. The van der Waals surface area contributed by atoms with Gasteiger partial charge in [-0.3, -0.25) is 0 Å². The molecule has 2 rings (SSSR count). The summed E-state index contributed by atoms with van der Waals surface area (Å²) < 4.78 is 0. The van der Waals surface area contributed by atoms with Crippen molar-refractivity contribution in [2.75, 3.05) is 36.0 Å². The third-order valence-electron chi connectivity index (χ3n) is 3.92. The third-order valence-corrected chi connectivity index (χ3v) is 3.92. The van der Waals surface area contributed by atoms with Gasteiger partial charge in [0.05, 0.1) is 0 Å². The van der Waals surface area contributed by atoms with Crippen LogP contribution in [0.1, 0.15) is 27.7 Å². The molecule has 0 saturated carbocycles. The molecular weight excluding hydrogens is 246 g/mol. The van der Waals surface area contributed by atoms with Crippen LogP contribution in [0.4, 0.5) is 11.5 Å². The molecule has 0 aliphatic rings. The van der Waals surface area contributed by atoms with Gasteiger partial charge in [-0.15, -0.1) is 0 Å². The van der Waals surface area contributed by atoms with Gasteiger partial charge in [-0.25, -0.2) is 4.98 Å². The van der Waals surface area contributed by atoms with Gasteiger partial charge in [0.1, 0.15) is 5.82 Å². The lowest BCUT2D eigenvalue weighted by Gasteiger charge is -2.24. The van der Waals surface area contributed by atoms with E-state index in [1.807, 2.05) is 6.20 Å². The molecule has 3 heteroatoms. The van der Waals surface area contributed by atoms with E-state index in [0.717, 1.165) is 32.0 Å². The maximum atomic E-state index is 4.61. The molecule has 0 radical (unpaired) electrons. The molecule has 0 fully saturated rings. The minimum absolute atomic E-state index is 0.984. The topological polar surface area (TPSA) is 19.4 Å². The lowest BCUT2D eigenvalue weighted by Crippen LogP contribution is -2.24. The Labute approximate surface area is 122 Å². The Balaban J connectivity index is 2.56. The fraction of sp³-hybridized carbons (Fsp3) is 0.471. The lowest BCUT2D eigenvalue weighted by molar-refractivity contribution is 0.850. The molecule has 1 heterocycles. The summed E-state index contributed by atoms with van der Waals surface area (Å²) in [5.74, 6) is 1.10. The van der Waals surface area contributed by atoms with Crippen molar-refractivity contribution in [3.63, 3.8) is 0 Å². The van der Waals surface area contributed by atoms with Crippen molar-refractivity contribution >= 4 is 22.3 Å². The Kier molecular flexibility index (Phi) is 4.83. The summed E-state index contributed by atoms with van der Waals surface area (Å²) >= 11 is 0. The molecule has 0 atom stereocenters.